The van der Waals surface area contributed by atoms with Gasteiger partial charge in [-0.25, -0.2) is 12.8 Å². The summed E-state index contributed by atoms with van der Waals surface area (Å²) in [4.78, 5) is 19.3. The van der Waals surface area contributed by atoms with Gasteiger partial charge < -0.3 is 4.90 Å². The lowest BCUT2D eigenvalue weighted by molar-refractivity contribution is -0.137. The van der Waals surface area contributed by atoms with E-state index in [1.54, 1.807) is 18.1 Å². The third-order valence-corrected chi connectivity index (χ3v) is 8.01. The zero-order valence-electron chi connectivity index (χ0n) is 18.3. The number of piperidine rings is 1. The molecule has 0 N–H and O–H groups in total. The number of sulfonamides is 1. The summed E-state index contributed by atoms with van der Waals surface area (Å²) >= 11 is 0. The molecule has 2 aromatic carbocycles. The summed E-state index contributed by atoms with van der Waals surface area (Å²) in [6.45, 7) is 0.334. The fourth-order valence-corrected chi connectivity index (χ4v) is 5.85. The molecule has 172 valence electrons. The van der Waals surface area contributed by atoms with Crippen molar-refractivity contribution in [1.29, 1.82) is 0 Å². The highest BCUT2D eigenvalue weighted by Crippen LogP contribution is 2.31. The lowest BCUT2D eigenvalue weighted by Crippen LogP contribution is -2.44. The highest BCUT2D eigenvalue weighted by Gasteiger charge is 2.36. The third-order valence-electron chi connectivity index (χ3n) is 6.08. The first kappa shape index (κ1) is 23.1. The SMILES string of the molecule is CN(C(=O)C1CCN(S(=O)(=O)c2ccccc2F)CC1)C(c1ccccc1)c1ccccn1. The smallest absolute Gasteiger partial charge is 0.245 e. The van der Waals surface area contributed by atoms with Gasteiger partial charge in [0, 0.05) is 32.3 Å². The van der Waals surface area contributed by atoms with Gasteiger partial charge in [-0.05, 0) is 42.7 Å². The monoisotopic (exact) mass is 467 g/mol. The average molecular weight is 468 g/mol. The predicted molar refractivity (Wildman–Crippen MR) is 123 cm³/mol. The van der Waals surface area contributed by atoms with Crippen LogP contribution >= 0.6 is 0 Å². The Hall–Kier alpha value is -3.10. The molecule has 1 amide bonds. The maximum atomic E-state index is 14.1. The molecule has 1 fully saturated rings. The number of carbonyl (C=O) groups excluding carboxylic acids is 1. The molecular formula is C25H26FN3O3S. The Morgan fingerprint density at radius 3 is 2.27 bits per heavy atom. The molecule has 1 aromatic heterocycles. The summed E-state index contributed by atoms with van der Waals surface area (Å²) in [6, 6.07) is 20.3. The van der Waals surface area contributed by atoms with E-state index in [0.29, 0.717) is 12.8 Å². The number of halogens is 1. The third kappa shape index (κ3) is 4.82. The Morgan fingerprint density at radius 1 is 1.00 bits per heavy atom. The Bertz CT molecular complexity index is 1160. The fraction of sp³-hybridized carbons (Fsp3) is 0.280. The number of rotatable bonds is 6. The highest BCUT2D eigenvalue weighted by molar-refractivity contribution is 7.89. The van der Waals surface area contributed by atoms with Crippen LogP contribution in [0.2, 0.25) is 0 Å². The van der Waals surface area contributed by atoms with Crippen LogP contribution in [0.3, 0.4) is 0 Å². The predicted octanol–water partition coefficient (Wildman–Crippen LogP) is 3.87. The van der Waals surface area contributed by atoms with E-state index in [4.69, 9.17) is 0 Å². The number of pyridine rings is 1. The number of hydrogen-bond donors (Lipinski definition) is 0. The minimum Gasteiger partial charge on any atom is -0.333 e. The van der Waals surface area contributed by atoms with Crippen molar-refractivity contribution in [2.24, 2.45) is 5.92 Å². The normalized spacial score (nSPS) is 16.3. The van der Waals surface area contributed by atoms with Gasteiger partial charge >= 0.3 is 0 Å². The van der Waals surface area contributed by atoms with Gasteiger partial charge in [-0.3, -0.25) is 9.78 Å². The van der Waals surface area contributed by atoms with Crippen LogP contribution in [0, 0.1) is 11.7 Å². The molecule has 0 saturated carbocycles. The molecule has 1 saturated heterocycles. The zero-order valence-corrected chi connectivity index (χ0v) is 19.2. The molecule has 0 aliphatic carbocycles. The van der Waals surface area contributed by atoms with Gasteiger partial charge in [0.15, 0.2) is 0 Å². The molecule has 0 spiro atoms. The first-order chi connectivity index (χ1) is 15.9. The van der Waals surface area contributed by atoms with E-state index < -0.39 is 15.8 Å². The minimum absolute atomic E-state index is 0.0579. The second-order valence-electron chi connectivity index (χ2n) is 8.13. The van der Waals surface area contributed by atoms with Gasteiger partial charge in [-0.1, -0.05) is 48.5 Å². The molecule has 6 nitrogen and oxygen atoms in total. The summed E-state index contributed by atoms with van der Waals surface area (Å²) in [5.41, 5.74) is 1.71. The molecule has 3 aromatic rings. The standard InChI is InChI=1S/C25H26FN3O3S/c1-28(24(19-9-3-2-4-10-19)22-12-7-8-16-27-22)25(30)20-14-17-29(18-15-20)33(31,32)23-13-6-5-11-21(23)26/h2-13,16,20,24H,14-15,17-18H2,1H3. The highest BCUT2D eigenvalue weighted by atomic mass is 32.2. The van der Waals surface area contributed by atoms with Gasteiger partial charge in [0.2, 0.25) is 15.9 Å². The second-order valence-corrected chi connectivity index (χ2v) is 10.0. The quantitative estimate of drug-likeness (QED) is 0.552. The maximum absolute atomic E-state index is 14.1. The Balaban J connectivity index is 1.50. The Kier molecular flexibility index (Phi) is 6.85. The molecule has 1 atom stereocenters. The van der Waals surface area contributed by atoms with Crippen LogP contribution in [0.1, 0.15) is 30.1 Å². The van der Waals surface area contributed by atoms with Crippen molar-refractivity contribution >= 4 is 15.9 Å². The summed E-state index contributed by atoms with van der Waals surface area (Å²) in [5, 5.41) is 0. The molecule has 1 aliphatic heterocycles. The van der Waals surface area contributed by atoms with Crippen LogP contribution in [0.15, 0.2) is 83.9 Å². The Morgan fingerprint density at radius 2 is 1.64 bits per heavy atom. The molecular weight excluding hydrogens is 441 g/mol. The minimum atomic E-state index is -3.94. The van der Waals surface area contributed by atoms with Crippen molar-refractivity contribution in [3.8, 4) is 0 Å². The molecule has 33 heavy (non-hydrogen) atoms. The Labute approximate surface area is 193 Å². The molecule has 0 radical (unpaired) electrons. The number of amides is 1. The molecule has 8 heteroatoms. The average Bonchev–Trinajstić information content (AvgIpc) is 2.85. The van der Waals surface area contributed by atoms with E-state index in [1.165, 1.54) is 22.5 Å². The van der Waals surface area contributed by atoms with Crippen molar-refractivity contribution in [3.05, 3.63) is 96.1 Å². The number of hydrogen-bond acceptors (Lipinski definition) is 4. The number of carbonyl (C=O) groups is 1. The summed E-state index contributed by atoms with van der Waals surface area (Å²) in [6.07, 6.45) is 2.46. The van der Waals surface area contributed by atoms with Crippen LogP contribution in [-0.2, 0) is 14.8 Å². The van der Waals surface area contributed by atoms with E-state index in [9.17, 15) is 17.6 Å². The first-order valence-corrected chi connectivity index (χ1v) is 12.3. The lowest BCUT2D eigenvalue weighted by atomic mass is 9.94. The summed E-state index contributed by atoms with van der Waals surface area (Å²) < 4.78 is 41.1. The van der Waals surface area contributed by atoms with Gasteiger partial charge in [0.1, 0.15) is 10.7 Å². The van der Waals surface area contributed by atoms with E-state index in [0.717, 1.165) is 17.3 Å². The first-order valence-electron chi connectivity index (χ1n) is 10.9. The molecule has 1 unspecified atom stereocenters. The van der Waals surface area contributed by atoms with Gasteiger partial charge in [-0.15, -0.1) is 0 Å². The van der Waals surface area contributed by atoms with E-state index in [1.807, 2.05) is 48.5 Å². The van der Waals surface area contributed by atoms with Crippen molar-refractivity contribution in [2.75, 3.05) is 20.1 Å². The van der Waals surface area contributed by atoms with Crippen LogP contribution in [0.25, 0.3) is 0 Å². The van der Waals surface area contributed by atoms with Crippen LogP contribution < -0.4 is 0 Å². The second kappa shape index (κ2) is 9.80. The van der Waals surface area contributed by atoms with Crippen LogP contribution in [-0.4, -0.2) is 48.7 Å². The maximum Gasteiger partial charge on any atom is 0.245 e. The fourth-order valence-electron chi connectivity index (χ4n) is 4.32. The summed E-state index contributed by atoms with van der Waals surface area (Å²) in [7, 11) is -2.18. The number of benzene rings is 2. The van der Waals surface area contributed by atoms with Crippen LogP contribution in [0.5, 0.6) is 0 Å². The largest absolute Gasteiger partial charge is 0.333 e. The van der Waals surface area contributed by atoms with Crippen molar-refractivity contribution < 1.29 is 17.6 Å². The zero-order chi connectivity index (χ0) is 23.4. The van der Waals surface area contributed by atoms with Gasteiger partial charge in [0.05, 0.1) is 11.7 Å². The van der Waals surface area contributed by atoms with E-state index >= 15 is 0 Å². The van der Waals surface area contributed by atoms with E-state index in [-0.39, 0.29) is 35.9 Å². The lowest BCUT2D eigenvalue weighted by Gasteiger charge is -2.35. The van der Waals surface area contributed by atoms with Crippen molar-refractivity contribution in [1.82, 2.24) is 14.2 Å². The molecule has 4 rings (SSSR count). The molecule has 2 heterocycles. The van der Waals surface area contributed by atoms with Gasteiger partial charge in [-0.2, -0.15) is 4.31 Å². The molecule has 0 bridgehead atoms. The van der Waals surface area contributed by atoms with Crippen LogP contribution in [0.4, 0.5) is 4.39 Å². The number of nitrogens with zero attached hydrogens (tertiary/aromatic N) is 3. The molecule has 1 aliphatic rings. The van der Waals surface area contributed by atoms with Gasteiger partial charge in [0.25, 0.3) is 0 Å². The van der Waals surface area contributed by atoms with E-state index in [2.05, 4.69) is 4.98 Å². The topological polar surface area (TPSA) is 70.6 Å². The number of aromatic nitrogens is 1. The van der Waals surface area contributed by atoms with Crippen molar-refractivity contribution in [2.45, 2.75) is 23.8 Å². The summed E-state index contributed by atoms with van der Waals surface area (Å²) in [5.74, 6) is -1.15. The van der Waals surface area contributed by atoms with Crippen molar-refractivity contribution in [3.63, 3.8) is 0 Å².